The summed E-state index contributed by atoms with van der Waals surface area (Å²) >= 11 is 0. The van der Waals surface area contributed by atoms with Gasteiger partial charge in [0.15, 0.2) is 6.29 Å². The van der Waals surface area contributed by atoms with Gasteiger partial charge in [0.05, 0.1) is 50.7 Å². The zero-order chi connectivity index (χ0) is 52.3. The average molecular weight is 981 g/mol. The van der Waals surface area contributed by atoms with Gasteiger partial charge in [-0.15, -0.1) is 0 Å². The van der Waals surface area contributed by atoms with Gasteiger partial charge in [-0.3, -0.25) is 47.9 Å². The summed E-state index contributed by atoms with van der Waals surface area (Å²) in [6, 6.07) is -11.8. The number of aliphatic hydroxyl groups is 7. The van der Waals surface area contributed by atoms with E-state index in [9.17, 15) is 83.7 Å². The van der Waals surface area contributed by atoms with Crippen molar-refractivity contribution in [1.82, 2.24) is 47.9 Å². The van der Waals surface area contributed by atoms with Crippen molar-refractivity contribution in [3.63, 3.8) is 0 Å². The third-order valence-corrected chi connectivity index (χ3v) is 10.4. The first-order valence-electron chi connectivity index (χ1n) is 21.4. The largest absolute Gasteiger partial charge is 0.394 e. The molecule has 0 spiro atoms. The molecule has 29 nitrogen and oxygen atoms in total. The number of carbonyl (C=O) groups is 10. The molecular weight excluding hydrogens is 912 g/mol. The molecule has 0 aromatic heterocycles. The minimum atomic E-state index is -1.95. The van der Waals surface area contributed by atoms with E-state index in [0.29, 0.717) is 0 Å². The molecule has 0 aromatic rings. The topological polar surface area (TPSA) is 465 Å². The molecule has 0 aromatic carbocycles. The van der Waals surface area contributed by atoms with Gasteiger partial charge in [0.1, 0.15) is 60.6 Å². The standard InChI is InChI=1S/C39H68N10O19/c1-9-14(2)25(36(64)44-21(12-50)34(62)47-26(15(3)52)33(40)61)45-24(58)11-42-35(63)27(16(4)53)48-37(65)28(17(5)54)49-38(66)29(46-23(57)10-41-19(7)55)18(6)67-39-30(43-20(8)56)32(60)31(59)22(13-51)68-39/h14-18,21-22,25-32,39,50-54,59-60H,9-13H2,1-8H3,(H2,40,61)(H,41,55)(H,42,63)(H,43,56)(H,44,64)(H,45,58)(H,46,57)(H,47,62)(H,48,65)(H,49,66)/t14-,15+,16+,17+,18+,21-,22+,25-,26-,27-,28-,29-,30+,31-,32+,39-/m0/s1. The van der Waals surface area contributed by atoms with E-state index in [1.807, 2.05) is 0 Å². The van der Waals surface area contributed by atoms with Gasteiger partial charge >= 0.3 is 0 Å². The fraction of sp³-hybridized carbons (Fsp3) is 0.744. The van der Waals surface area contributed by atoms with Crippen molar-refractivity contribution in [2.24, 2.45) is 11.7 Å². The fourth-order valence-electron chi connectivity index (χ4n) is 6.34. The highest BCUT2D eigenvalue weighted by molar-refractivity contribution is 5.97. The lowest BCUT2D eigenvalue weighted by Crippen LogP contribution is -2.66. The van der Waals surface area contributed by atoms with Crippen LogP contribution >= 0.6 is 0 Å². The lowest BCUT2D eigenvalue weighted by Gasteiger charge is -2.43. The molecule has 1 fully saturated rings. The molecule has 0 aliphatic carbocycles. The van der Waals surface area contributed by atoms with Gasteiger partial charge in [-0.1, -0.05) is 20.3 Å². The predicted molar refractivity (Wildman–Crippen MR) is 230 cm³/mol. The van der Waals surface area contributed by atoms with Gasteiger partial charge in [-0.2, -0.15) is 0 Å². The van der Waals surface area contributed by atoms with Crippen molar-refractivity contribution >= 4 is 59.1 Å². The smallest absolute Gasteiger partial charge is 0.246 e. The Kier molecular flexibility index (Phi) is 25.4. The first-order chi connectivity index (χ1) is 31.6. The maximum atomic E-state index is 13.9. The van der Waals surface area contributed by atoms with E-state index in [2.05, 4.69) is 47.9 Å². The molecule has 16 atom stereocenters. The van der Waals surface area contributed by atoms with Crippen LogP contribution < -0.4 is 53.6 Å². The predicted octanol–water partition coefficient (Wildman–Crippen LogP) is -9.84. The Morgan fingerprint density at radius 3 is 1.53 bits per heavy atom. The van der Waals surface area contributed by atoms with Crippen molar-refractivity contribution in [3.05, 3.63) is 0 Å². The number of nitrogens with two attached hydrogens (primary N) is 1. The first-order valence-corrected chi connectivity index (χ1v) is 21.4. The van der Waals surface area contributed by atoms with Gasteiger partial charge in [-0.25, -0.2) is 0 Å². The number of carbonyl (C=O) groups excluding carboxylic acids is 10. The van der Waals surface area contributed by atoms with Gasteiger partial charge < -0.3 is 98.8 Å². The van der Waals surface area contributed by atoms with Crippen LogP contribution in [0.15, 0.2) is 0 Å². The molecular formula is C39H68N10O19. The van der Waals surface area contributed by atoms with Crippen LogP contribution in [0.3, 0.4) is 0 Å². The van der Waals surface area contributed by atoms with Crippen LogP contribution in [-0.4, -0.2) is 212 Å². The minimum Gasteiger partial charge on any atom is -0.394 e. The maximum Gasteiger partial charge on any atom is 0.246 e. The lowest BCUT2D eigenvalue weighted by molar-refractivity contribution is -0.281. The maximum absolute atomic E-state index is 13.9. The molecule has 10 amide bonds. The molecule has 0 unspecified atom stereocenters. The van der Waals surface area contributed by atoms with E-state index >= 15 is 0 Å². The number of hydrogen-bond acceptors (Lipinski definition) is 19. The third-order valence-electron chi connectivity index (χ3n) is 10.4. The summed E-state index contributed by atoms with van der Waals surface area (Å²) in [5, 5.41) is 91.5. The number of nitrogens with one attached hydrogen (secondary N) is 9. The summed E-state index contributed by atoms with van der Waals surface area (Å²) < 4.78 is 11.4. The number of ether oxygens (including phenoxy) is 2. The highest BCUT2D eigenvalue weighted by atomic mass is 16.7. The molecule has 29 heteroatoms. The van der Waals surface area contributed by atoms with E-state index in [1.165, 1.54) is 13.8 Å². The molecule has 1 heterocycles. The van der Waals surface area contributed by atoms with Crippen molar-refractivity contribution < 1.29 is 93.2 Å². The second kappa shape index (κ2) is 28.6. The molecule has 0 saturated carbocycles. The van der Waals surface area contributed by atoms with E-state index in [-0.39, 0.29) is 6.42 Å². The molecule has 68 heavy (non-hydrogen) atoms. The summed E-state index contributed by atoms with van der Waals surface area (Å²) in [4.78, 5) is 128. The van der Waals surface area contributed by atoms with Crippen molar-refractivity contribution in [3.8, 4) is 0 Å². The Hall–Kier alpha value is -5.66. The SMILES string of the molecule is CC[C@H](C)[C@H](NC(=O)CNC(=O)[C@@H](NC(=O)[C@@H](NC(=O)[C@@H](NC(=O)CNC(C)=O)[C@@H](C)O[C@H]1O[C@H](CO)[C@H](O)[C@H](O)[C@H]1NC(C)=O)[C@@H](C)O)[C@@H](C)O)C(=O)N[C@@H](CO)C(=O)N[C@H](C(N)=O)[C@@H](C)O. The summed E-state index contributed by atoms with van der Waals surface area (Å²) in [5.41, 5.74) is 5.18. The van der Waals surface area contributed by atoms with E-state index in [4.69, 9.17) is 15.2 Å². The molecule has 1 rings (SSSR count). The summed E-state index contributed by atoms with van der Waals surface area (Å²) in [6.07, 6.45) is -12.8. The van der Waals surface area contributed by atoms with E-state index < -0.39 is 183 Å². The molecule has 388 valence electrons. The van der Waals surface area contributed by atoms with Crippen LogP contribution in [0.2, 0.25) is 0 Å². The Labute approximate surface area is 390 Å². The Balaban J connectivity index is 3.26. The number of aliphatic hydroxyl groups excluding tert-OH is 7. The minimum absolute atomic E-state index is 0.286. The van der Waals surface area contributed by atoms with E-state index in [1.54, 1.807) is 13.8 Å². The third kappa shape index (κ3) is 18.8. The first kappa shape index (κ1) is 60.4. The second-order valence-corrected chi connectivity index (χ2v) is 16.2. The highest BCUT2D eigenvalue weighted by Crippen LogP contribution is 2.24. The Bertz CT molecular complexity index is 1770. The van der Waals surface area contributed by atoms with Gasteiger partial charge in [0.2, 0.25) is 59.1 Å². The molecule has 18 N–H and O–H groups in total. The number of primary amides is 1. The van der Waals surface area contributed by atoms with Gasteiger partial charge in [0.25, 0.3) is 0 Å². The quantitative estimate of drug-likeness (QED) is 0.0363. The number of rotatable bonds is 27. The van der Waals surface area contributed by atoms with Crippen LogP contribution in [0.5, 0.6) is 0 Å². The average Bonchev–Trinajstić information content (AvgIpc) is 3.26. The summed E-state index contributed by atoms with van der Waals surface area (Å²) in [6.45, 7) is 6.55. The highest BCUT2D eigenvalue weighted by Gasteiger charge is 2.47. The van der Waals surface area contributed by atoms with Crippen LogP contribution in [0, 0.1) is 5.92 Å². The normalized spacial score (nSPS) is 22.8. The molecule has 1 aliphatic heterocycles. The van der Waals surface area contributed by atoms with Crippen LogP contribution in [0.1, 0.15) is 61.8 Å². The summed E-state index contributed by atoms with van der Waals surface area (Å²) in [5.74, 6) is -10.8. The molecule has 1 saturated heterocycles. The van der Waals surface area contributed by atoms with Crippen LogP contribution in [-0.2, 0) is 57.4 Å². The Morgan fingerprint density at radius 2 is 1.07 bits per heavy atom. The van der Waals surface area contributed by atoms with Crippen LogP contribution in [0.25, 0.3) is 0 Å². The lowest BCUT2D eigenvalue weighted by atomic mass is 9.96. The zero-order valence-corrected chi connectivity index (χ0v) is 38.9. The molecule has 0 bridgehead atoms. The summed E-state index contributed by atoms with van der Waals surface area (Å²) in [7, 11) is 0. The second-order valence-electron chi connectivity index (χ2n) is 16.2. The van der Waals surface area contributed by atoms with Gasteiger partial charge in [0, 0.05) is 13.8 Å². The van der Waals surface area contributed by atoms with Crippen molar-refractivity contribution in [2.75, 3.05) is 26.3 Å². The van der Waals surface area contributed by atoms with Crippen molar-refractivity contribution in [1.29, 1.82) is 0 Å². The zero-order valence-electron chi connectivity index (χ0n) is 38.9. The number of hydrogen-bond donors (Lipinski definition) is 17. The molecule has 1 aliphatic rings. The van der Waals surface area contributed by atoms with Gasteiger partial charge in [-0.05, 0) is 33.6 Å². The fourth-order valence-corrected chi connectivity index (χ4v) is 6.34. The number of amides is 10. The van der Waals surface area contributed by atoms with Crippen molar-refractivity contribution in [2.45, 2.75) is 153 Å². The monoisotopic (exact) mass is 980 g/mol. The van der Waals surface area contributed by atoms with Crippen LogP contribution in [0.4, 0.5) is 0 Å². The Morgan fingerprint density at radius 1 is 0.603 bits per heavy atom. The molecule has 0 radical (unpaired) electrons. The van der Waals surface area contributed by atoms with E-state index in [0.717, 1.165) is 27.7 Å².